The van der Waals surface area contributed by atoms with Gasteiger partial charge in [0.05, 0.1) is 12.1 Å². The third kappa shape index (κ3) is 6.64. The highest BCUT2D eigenvalue weighted by atomic mass is 79.9. The number of amides is 2. The van der Waals surface area contributed by atoms with Gasteiger partial charge in [-0.3, -0.25) is 9.59 Å². The van der Waals surface area contributed by atoms with E-state index in [2.05, 4.69) is 21.2 Å². The Morgan fingerprint density at radius 1 is 1.20 bits per heavy atom. The monoisotopic (exact) mass is 496 g/mol. The van der Waals surface area contributed by atoms with Gasteiger partial charge < -0.3 is 19.7 Å². The zero-order valence-electron chi connectivity index (χ0n) is 17.3. The molecule has 2 amide bonds. The molecular formula is C22H26BrClN2O4. The first kappa shape index (κ1) is 24.0. The summed E-state index contributed by atoms with van der Waals surface area (Å²) in [6.07, 6.45) is 0.473. The van der Waals surface area contributed by atoms with Crippen LogP contribution < -0.4 is 14.8 Å². The lowest BCUT2D eigenvalue weighted by Gasteiger charge is -2.30. The van der Waals surface area contributed by atoms with Crippen LogP contribution in [0.5, 0.6) is 11.5 Å². The Morgan fingerprint density at radius 2 is 1.97 bits per heavy atom. The molecule has 0 bridgehead atoms. The molecule has 0 saturated carbocycles. The number of nitrogens with one attached hydrogen (secondary N) is 1. The van der Waals surface area contributed by atoms with Gasteiger partial charge in [0.2, 0.25) is 5.91 Å². The van der Waals surface area contributed by atoms with Crippen LogP contribution in [0.1, 0.15) is 25.8 Å². The van der Waals surface area contributed by atoms with Crippen molar-refractivity contribution >= 4 is 39.3 Å². The van der Waals surface area contributed by atoms with Crippen molar-refractivity contribution in [1.29, 1.82) is 0 Å². The summed E-state index contributed by atoms with van der Waals surface area (Å²) in [5, 5.41) is 3.20. The Hall–Kier alpha value is -2.25. The normalized spacial score (nSPS) is 11.5. The molecule has 2 aromatic carbocycles. The van der Waals surface area contributed by atoms with Crippen LogP contribution in [0, 0.1) is 0 Å². The van der Waals surface area contributed by atoms with Crippen molar-refractivity contribution in [2.45, 2.75) is 32.9 Å². The van der Waals surface area contributed by atoms with Crippen LogP contribution in [0.25, 0.3) is 0 Å². The molecule has 6 nitrogen and oxygen atoms in total. The zero-order valence-corrected chi connectivity index (χ0v) is 19.6. The molecule has 162 valence electrons. The van der Waals surface area contributed by atoms with E-state index >= 15 is 0 Å². The van der Waals surface area contributed by atoms with Crippen molar-refractivity contribution in [1.82, 2.24) is 10.2 Å². The summed E-state index contributed by atoms with van der Waals surface area (Å²) in [5.74, 6) is 0.581. The van der Waals surface area contributed by atoms with E-state index in [1.165, 1.54) is 4.90 Å². The standard InChI is InChI=1S/C22H26BrClN2O4/c1-4-19(22(28)25-5-2)26(13-15-7-6-8-17(11-15)29-3)21(27)14-30-20-10-9-16(23)12-18(20)24/h6-12,19H,4-5,13-14H2,1-3H3,(H,25,28). The SMILES string of the molecule is CCNC(=O)C(CC)N(Cc1cccc(OC)c1)C(=O)COc1ccc(Br)cc1Cl. The molecular weight excluding hydrogens is 472 g/mol. The minimum absolute atomic E-state index is 0.196. The minimum Gasteiger partial charge on any atom is -0.497 e. The van der Waals surface area contributed by atoms with Gasteiger partial charge in [0, 0.05) is 17.6 Å². The predicted molar refractivity (Wildman–Crippen MR) is 121 cm³/mol. The van der Waals surface area contributed by atoms with Gasteiger partial charge in [-0.05, 0) is 49.2 Å². The highest BCUT2D eigenvalue weighted by Gasteiger charge is 2.28. The molecule has 1 N–H and O–H groups in total. The quantitative estimate of drug-likeness (QED) is 0.527. The van der Waals surface area contributed by atoms with Crippen molar-refractivity contribution in [3.05, 3.63) is 57.5 Å². The molecule has 0 aliphatic heterocycles. The Kier molecular flexibility index (Phi) is 9.46. The van der Waals surface area contributed by atoms with Gasteiger partial charge >= 0.3 is 0 Å². The molecule has 0 aliphatic rings. The Morgan fingerprint density at radius 3 is 2.60 bits per heavy atom. The van der Waals surface area contributed by atoms with Gasteiger partial charge in [0.15, 0.2) is 6.61 Å². The summed E-state index contributed by atoms with van der Waals surface area (Å²) in [6, 6.07) is 12.0. The lowest BCUT2D eigenvalue weighted by atomic mass is 10.1. The van der Waals surface area contributed by atoms with E-state index in [0.717, 1.165) is 10.0 Å². The Labute approximate surface area is 190 Å². The third-order valence-electron chi connectivity index (χ3n) is 4.47. The Bertz CT molecular complexity index is 878. The van der Waals surface area contributed by atoms with E-state index < -0.39 is 6.04 Å². The number of halogens is 2. The maximum Gasteiger partial charge on any atom is 0.261 e. The summed E-state index contributed by atoms with van der Waals surface area (Å²) in [7, 11) is 1.58. The number of benzene rings is 2. The topological polar surface area (TPSA) is 67.9 Å². The molecule has 1 atom stereocenters. The molecule has 0 aromatic heterocycles. The van der Waals surface area contributed by atoms with Crippen molar-refractivity contribution in [2.24, 2.45) is 0 Å². The number of nitrogens with zero attached hydrogens (tertiary/aromatic N) is 1. The van der Waals surface area contributed by atoms with E-state index in [1.54, 1.807) is 25.3 Å². The average Bonchev–Trinajstić information content (AvgIpc) is 2.73. The first-order chi connectivity index (χ1) is 14.4. The molecule has 0 spiro atoms. The van der Waals surface area contributed by atoms with Crippen LogP contribution in [-0.2, 0) is 16.1 Å². The molecule has 0 fully saturated rings. The Balaban J connectivity index is 2.23. The number of carbonyl (C=O) groups is 2. The van der Waals surface area contributed by atoms with Crippen molar-refractivity contribution in [3.8, 4) is 11.5 Å². The van der Waals surface area contributed by atoms with Crippen molar-refractivity contribution < 1.29 is 19.1 Å². The summed E-state index contributed by atoms with van der Waals surface area (Å²) in [4.78, 5) is 27.2. The van der Waals surface area contributed by atoms with Crippen LogP contribution in [0.15, 0.2) is 46.9 Å². The van der Waals surface area contributed by atoms with Crippen molar-refractivity contribution in [2.75, 3.05) is 20.3 Å². The smallest absolute Gasteiger partial charge is 0.261 e. The second-order valence-electron chi connectivity index (χ2n) is 6.56. The molecule has 8 heteroatoms. The van der Waals surface area contributed by atoms with E-state index in [1.807, 2.05) is 38.1 Å². The van der Waals surface area contributed by atoms with Gasteiger partial charge in [-0.25, -0.2) is 0 Å². The molecule has 0 heterocycles. The molecule has 0 aliphatic carbocycles. The van der Waals surface area contributed by atoms with E-state index in [-0.39, 0.29) is 25.0 Å². The van der Waals surface area contributed by atoms with Crippen LogP contribution in [0.3, 0.4) is 0 Å². The number of hydrogen-bond donors (Lipinski definition) is 1. The molecule has 0 radical (unpaired) electrons. The summed E-state index contributed by atoms with van der Waals surface area (Å²) in [5.41, 5.74) is 0.854. The highest BCUT2D eigenvalue weighted by molar-refractivity contribution is 9.10. The van der Waals surface area contributed by atoms with Gasteiger partial charge in [-0.2, -0.15) is 0 Å². The second kappa shape index (κ2) is 11.8. The number of likely N-dealkylation sites (N-methyl/N-ethyl adjacent to an activating group) is 1. The van der Waals surface area contributed by atoms with Gasteiger partial charge in [0.25, 0.3) is 5.91 Å². The van der Waals surface area contributed by atoms with Crippen LogP contribution in [0.2, 0.25) is 5.02 Å². The fourth-order valence-electron chi connectivity index (χ4n) is 2.99. The minimum atomic E-state index is -0.618. The first-order valence-corrected chi connectivity index (χ1v) is 10.8. The predicted octanol–water partition coefficient (Wildman–Crippen LogP) is 4.43. The van der Waals surface area contributed by atoms with E-state index in [9.17, 15) is 9.59 Å². The molecule has 2 rings (SSSR count). The molecule has 0 saturated heterocycles. The van der Waals surface area contributed by atoms with Gasteiger partial charge in [-0.1, -0.05) is 46.6 Å². The average molecular weight is 498 g/mol. The molecule has 30 heavy (non-hydrogen) atoms. The summed E-state index contributed by atoms with van der Waals surface area (Å²) >= 11 is 9.52. The number of rotatable bonds is 10. The molecule has 2 aromatic rings. The number of hydrogen-bond acceptors (Lipinski definition) is 4. The maximum atomic E-state index is 13.1. The maximum absolute atomic E-state index is 13.1. The van der Waals surface area contributed by atoms with Crippen molar-refractivity contribution in [3.63, 3.8) is 0 Å². The van der Waals surface area contributed by atoms with E-state index in [4.69, 9.17) is 21.1 Å². The fraction of sp³-hybridized carbons (Fsp3) is 0.364. The van der Waals surface area contributed by atoms with E-state index in [0.29, 0.717) is 29.5 Å². The zero-order chi connectivity index (χ0) is 22.1. The lowest BCUT2D eigenvalue weighted by molar-refractivity contribution is -0.142. The van der Waals surface area contributed by atoms with Crippen LogP contribution in [-0.4, -0.2) is 43.0 Å². The summed E-state index contributed by atoms with van der Waals surface area (Å²) < 4.78 is 11.7. The van der Waals surface area contributed by atoms with Crippen LogP contribution in [0.4, 0.5) is 0 Å². The third-order valence-corrected chi connectivity index (χ3v) is 5.26. The second-order valence-corrected chi connectivity index (χ2v) is 7.88. The fourth-order valence-corrected chi connectivity index (χ4v) is 3.72. The number of ether oxygens (including phenoxy) is 2. The van der Waals surface area contributed by atoms with Crippen LogP contribution >= 0.6 is 27.5 Å². The largest absolute Gasteiger partial charge is 0.497 e. The first-order valence-electron chi connectivity index (χ1n) is 9.67. The number of methoxy groups -OCH3 is 1. The highest BCUT2D eigenvalue weighted by Crippen LogP contribution is 2.28. The summed E-state index contributed by atoms with van der Waals surface area (Å²) in [6.45, 7) is 4.22. The number of carbonyl (C=O) groups excluding carboxylic acids is 2. The van der Waals surface area contributed by atoms with Gasteiger partial charge in [0.1, 0.15) is 17.5 Å². The molecule has 1 unspecified atom stereocenters. The van der Waals surface area contributed by atoms with Gasteiger partial charge in [-0.15, -0.1) is 0 Å². The lowest BCUT2D eigenvalue weighted by Crippen LogP contribution is -2.50.